The van der Waals surface area contributed by atoms with Gasteiger partial charge in [0, 0.05) is 30.2 Å². The lowest BCUT2D eigenvalue weighted by molar-refractivity contribution is -0.145. The van der Waals surface area contributed by atoms with Crippen LogP contribution in [-0.4, -0.2) is 119 Å². The van der Waals surface area contributed by atoms with Crippen LogP contribution < -0.4 is 30.7 Å². The van der Waals surface area contributed by atoms with Crippen molar-refractivity contribution >= 4 is 41.8 Å². The Bertz CT molecular complexity index is 2730. The molecule has 3 atom stereocenters. The number of fused-ring (bicyclic) bond motifs is 5. The largest absolute Gasteiger partial charge is 0.514 e. The van der Waals surface area contributed by atoms with Crippen molar-refractivity contribution in [1.82, 2.24) is 36.1 Å². The molecule has 20 nitrogen and oxygen atoms in total. The maximum atomic E-state index is 14.5. The van der Waals surface area contributed by atoms with Gasteiger partial charge in [-0.05, 0) is 109 Å². The standard InChI is InChI=1S/C53H67N7O13/c1-28-41(29(2)57-44(56-28)32-15-18-34(19-16-32)51(4,5)6)46(64)55-27-40(61)60(13)42-33-17-20-38(71-50(68)73-53(10,11)12)35(26-33)36-23-31(24-37(48(66)69-14)59-45(63)30(3)58-47(42)65)25-39(43(36)62)70-22-21-54-49(67)72-52(7,8)9/h15-20,23,25-26,30,37,42,62H,21-22,24,27H2,1-14H3,(H,54,67)(H,55,64)(H,58,65)(H,59,63)/t30-,37-,42-/m0/s1. The summed E-state index contributed by atoms with van der Waals surface area (Å²) < 4.78 is 27.5. The number of hydrogen-bond acceptors (Lipinski definition) is 15. The molecule has 392 valence electrons. The Hall–Kier alpha value is -7.77. The van der Waals surface area contributed by atoms with Gasteiger partial charge < -0.3 is 55.0 Å². The van der Waals surface area contributed by atoms with E-state index in [-0.39, 0.29) is 58.7 Å². The number of phenolic OH excluding ortho intramolecular Hbond substituents is 1. The summed E-state index contributed by atoms with van der Waals surface area (Å²) >= 11 is 0. The molecule has 20 heteroatoms. The Morgan fingerprint density at radius 3 is 2.01 bits per heavy atom. The molecule has 5 N–H and O–H groups in total. The third kappa shape index (κ3) is 14.9. The number of amides is 5. The van der Waals surface area contributed by atoms with Crippen LogP contribution in [0.2, 0.25) is 0 Å². The average Bonchev–Trinajstić information content (AvgIpc) is 3.28. The quantitative estimate of drug-likeness (QED) is 0.0478. The van der Waals surface area contributed by atoms with Gasteiger partial charge in [0.05, 0.1) is 37.2 Å². The highest BCUT2D eigenvalue weighted by Crippen LogP contribution is 2.44. The SMILES string of the molecule is COC(=O)[C@@H]1Cc2cc(OCCNC(=O)OC(C)(C)C)c(O)c(c2)-c2cc(ccc2OC(=O)OC(C)(C)C)[C@H](N(C)C(=O)CNC(=O)c2c(C)nc(-c3ccc(C(C)(C)C)cc3)nc2C)C(=O)N[C@@H](C)C(=O)N1. The number of aromatic hydroxyl groups is 1. The molecule has 0 saturated carbocycles. The maximum Gasteiger partial charge on any atom is 0.514 e. The Morgan fingerprint density at radius 1 is 0.795 bits per heavy atom. The molecule has 4 aromatic rings. The number of likely N-dealkylation sites (N-methyl/N-ethyl adjacent to an activating group) is 1. The number of aryl methyl sites for hydroxylation is 2. The van der Waals surface area contributed by atoms with Crippen LogP contribution in [0.25, 0.3) is 22.5 Å². The number of hydrogen-bond donors (Lipinski definition) is 5. The third-order valence-electron chi connectivity index (χ3n) is 11.3. The van der Waals surface area contributed by atoms with Gasteiger partial charge in [-0.1, -0.05) is 51.1 Å². The lowest BCUT2D eigenvalue weighted by Crippen LogP contribution is -2.53. The summed E-state index contributed by atoms with van der Waals surface area (Å²) in [7, 11) is 2.45. The van der Waals surface area contributed by atoms with E-state index in [0.29, 0.717) is 22.8 Å². The molecule has 3 aromatic carbocycles. The van der Waals surface area contributed by atoms with Crippen molar-refractivity contribution in [3.63, 3.8) is 0 Å². The van der Waals surface area contributed by atoms with Crippen LogP contribution in [0.1, 0.15) is 114 Å². The number of rotatable bonds is 11. The van der Waals surface area contributed by atoms with Crippen LogP contribution in [0.15, 0.2) is 54.6 Å². The van der Waals surface area contributed by atoms with E-state index < -0.39 is 83.5 Å². The van der Waals surface area contributed by atoms with E-state index in [9.17, 15) is 38.7 Å². The van der Waals surface area contributed by atoms with E-state index in [0.717, 1.165) is 23.1 Å². The molecule has 0 aliphatic carbocycles. The van der Waals surface area contributed by atoms with E-state index in [2.05, 4.69) is 52.0 Å². The molecule has 2 heterocycles. The van der Waals surface area contributed by atoms with Crippen LogP contribution in [0.4, 0.5) is 9.59 Å². The first-order valence-electron chi connectivity index (χ1n) is 23.7. The van der Waals surface area contributed by atoms with Crippen LogP contribution in [0, 0.1) is 13.8 Å². The fourth-order valence-corrected chi connectivity index (χ4v) is 7.69. The summed E-state index contributed by atoms with van der Waals surface area (Å²) in [6.07, 6.45) is -2.06. The number of esters is 1. The molecule has 0 fully saturated rings. The second-order valence-electron chi connectivity index (χ2n) is 20.6. The van der Waals surface area contributed by atoms with Crippen molar-refractivity contribution in [3.05, 3.63) is 88.2 Å². The van der Waals surface area contributed by atoms with Crippen molar-refractivity contribution in [1.29, 1.82) is 0 Å². The molecule has 5 amide bonds. The number of benzene rings is 3. The van der Waals surface area contributed by atoms with Crippen molar-refractivity contribution in [2.24, 2.45) is 0 Å². The van der Waals surface area contributed by atoms with Gasteiger partial charge in [-0.3, -0.25) is 19.2 Å². The molecule has 0 radical (unpaired) electrons. The summed E-state index contributed by atoms with van der Waals surface area (Å²) in [4.78, 5) is 105. The van der Waals surface area contributed by atoms with E-state index in [1.807, 2.05) is 24.3 Å². The van der Waals surface area contributed by atoms with Gasteiger partial charge in [0.2, 0.25) is 17.7 Å². The summed E-state index contributed by atoms with van der Waals surface area (Å²) in [6, 6.07) is 10.7. The summed E-state index contributed by atoms with van der Waals surface area (Å²) in [5, 5.41) is 22.4. The molecular formula is C53H67N7O13. The number of alkyl carbamates (subject to hydrolysis) is 1. The maximum absolute atomic E-state index is 14.5. The Kier molecular flexibility index (Phi) is 17.5. The van der Waals surface area contributed by atoms with Gasteiger partial charge in [-0.2, -0.15) is 0 Å². The van der Waals surface area contributed by atoms with Crippen molar-refractivity contribution in [2.45, 2.75) is 124 Å². The minimum atomic E-state index is -1.55. The number of methoxy groups -OCH3 is 1. The number of carbonyl (C=O) groups excluding carboxylic acids is 7. The molecular weight excluding hydrogens is 943 g/mol. The van der Waals surface area contributed by atoms with Gasteiger partial charge >= 0.3 is 18.2 Å². The highest BCUT2D eigenvalue weighted by atomic mass is 16.7. The van der Waals surface area contributed by atoms with E-state index in [1.165, 1.54) is 44.3 Å². The highest BCUT2D eigenvalue weighted by molar-refractivity contribution is 5.99. The van der Waals surface area contributed by atoms with Crippen LogP contribution >= 0.6 is 0 Å². The molecule has 0 unspecified atom stereocenters. The molecule has 1 aliphatic heterocycles. The zero-order valence-corrected chi connectivity index (χ0v) is 43.9. The molecule has 73 heavy (non-hydrogen) atoms. The van der Waals surface area contributed by atoms with E-state index >= 15 is 0 Å². The van der Waals surface area contributed by atoms with E-state index in [1.54, 1.807) is 55.4 Å². The number of carbonyl (C=O) groups is 7. The third-order valence-corrected chi connectivity index (χ3v) is 11.3. The van der Waals surface area contributed by atoms with Crippen LogP contribution in [0.3, 0.4) is 0 Å². The van der Waals surface area contributed by atoms with E-state index in [4.69, 9.17) is 23.7 Å². The van der Waals surface area contributed by atoms with Gasteiger partial charge in [-0.15, -0.1) is 0 Å². The zero-order chi connectivity index (χ0) is 54.3. The molecule has 5 rings (SSSR count). The minimum Gasteiger partial charge on any atom is -0.504 e. The number of nitrogens with one attached hydrogen (secondary N) is 4. The number of ether oxygens (including phenoxy) is 5. The first-order chi connectivity index (χ1) is 34.0. The summed E-state index contributed by atoms with van der Waals surface area (Å²) in [5.41, 5.74) is 1.31. The second-order valence-corrected chi connectivity index (χ2v) is 20.6. The lowest BCUT2D eigenvalue weighted by Gasteiger charge is -2.30. The number of nitrogens with zero attached hydrogens (tertiary/aromatic N) is 3. The summed E-state index contributed by atoms with van der Waals surface area (Å²) in [5.74, 6) is -4.29. The summed E-state index contributed by atoms with van der Waals surface area (Å²) in [6.45, 7) is 20.2. The predicted octanol–water partition coefficient (Wildman–Crippen LogP) is 6.30. The van der Waals surface area contributed by atoms with Crippen molar-refractivity contribution < 1.29 is 62.4 Å². The monoisotopic (exact) mass is 1010 g/mol. The van der Waals surface area contributed by atoms with Crippen molar-refractivity contribution in [2.75, 3.05) is 33.9 Å². The zero-order valence-electron chi connectivity index (χ0n) is 43.9. The van der Waals surface area contributed by atoms with Gasteiger partial charge in [0.25, 0.3) is 5.91 Å². The minimum absolute atomic E-state index is 0.00491. The Balaban J connectivity index is 1.56. The van der Waals surface area contributed by atoms with Crippen molar-refractivity contribution in [3.8, 4) is 39.8 Å². The number of aromatic nitrogens is 2. The first kappa shape index (κ1) is 56.1. The average molecular weight is 1010 g/mol. The predicted molar refractivity (Wildman–Crippen MR) is 269 cm³/mol. The van der Waals surface area contributed by atoms with Gasteiger partial charge in [0.1, 0.15) is 41.7 Å². The molecule has 0 saturated heterocycles. The topological polar surface area (TPSA) is 263 Å². The molecule has 4 bridgehead atoms. The molecule has 1 aliphatic rings. The van der Waals surface area contributed by atoms with Gasteiger partial charge in [0.15, 0.2) is 17.3 Å². The fraction of sp³-hybridized carbons (Fsp3) is 0.453. The number of phenols is 1. The molecule has 0 spiro atoms. The Morgan fingerprint density at radius 2 is 1.42 bits per heavy atom. The van der Waals surface area contributed by atoms with Crippen LogP contribution in [0.5, 0.6) is 17.2 Å². The Labute approximate surface area is 425 Å². The normalized spacial score (nSPS) is 16.1. The molecule has 1 aromatic heterocycles. The van der Waals surface area contributed by atoms with Crippen LogP contribution in [-0.2, 0) is 45.2 Å². The highest BCUT2D eigenvalue weighted by Gasteiger charge is 2.35. The second kappa shape index (κ2) is 22.8. The van der Waals surface area contributed by atoms with Gasteiger partial charge in [-0.25, -0.2) is 24.4 Å². The smallest absolute Gasteiger partial charge is 0.504 e. The fourth-order valence-electron chi connectivity index (χ4n) is 7.69. The lowest BCUT2D eigenvalue weighted by atomic mass is 9.86. The first-order valence-corrected chi connectivity index (χ1v) is 23.7.